The summed E-state index contributed by atoms with van der Waals surface area (Å²) in [6.45, 7) is 7.00. The van der Waals surface area contributed by atoms with E-state index in [2.05, 4.69) is 48.4 Å². The first-order valence-corrected chi connectivity index (χ1v) is 8.32. The maximum atomic E-state index is 12.3. The topological polar surface area (TPSA) is 42.0 Å². The number of rotatable bonds is 7. The Kier molecular flexibility index (Phi) is 6.33. The minimum atomic E-state index is -0.133. The van der Waals surface area contributed by atoms with Gasteiger partial charge in [-0.15, -0.1) is 0 Å². The summed E-state index contributed by atoms with van der Waals surface area (Å²) < 4.78 is 0. The first-order chi connectivity index (χ1) is 11.1. The van der Waals surface area contributed by atoms with Gasteiger partial charge in [-0.05, 0) is 42.5 Å². The lowest BCUT2D eigenvalue weighted by Gasteiger charge is -2.13. The molecule has 1 aromatic heterocycles. The van der Waals surface area contributed by atoms with Gasteiger partial charge in [0.15, 0.2) is 0 Å². The fourth-order valence-corrected chi connectivity index (χ4v) is 2.58. The van der Waals surface area contributed by atoms with Gasteiger partial charge >= 0.3 is 0 Å². The van der Waals surface area contributed by atoms with E-state index in [4.69, 9.17) is 0 Å². The maximum Gasteiger partial charge on any atom is 0.227 e. The number of carbonyl (C=O) groups excluding carboxylic acids is 1. The van der Waals surface area contributed by atoms with Crippen LogP contribution in [0.15, 0.2) is 48.7 Å². The van der Waals surface area contributed by atoms with Crippen molar-refractivity contribution >= 4 is 5.91 Å². The third kappa shape index (κ3) is 5.51. The highest BCUT2D eigenvalue weighted by molar-refractivity contribution is 5.83. The number of pyridine rings is 1. The molecule has 1 heterocycles. The predicted molar refractivity (Wildman–Crippen MR) is 94.3 cm³/mol. The first-order valence-electron chi connectivity index (χ1n) is 8.32. The van der Waals surface area contributed by atoms with Gasteiger partial charge in [0.05, 0.1) is 5.92 Å². The average Bonchev–Trinajstić information content (AvgIpc) is 2.55. The largest absolute Gasteiger partial charge is 0.355 e. The van der Waals surface area contributed by atoms with Gasteiger partial charge in [0.2, 0.25) is 5.91 Å². The Balaban J connectivity index is 1.84. The molecule has 2 rings (SSSR count). The van der Waals surface area contributed by atoms with Crippen LogP contribution in [0.4, 0.5) is 0 Å². The molecule has 0 fully saturated rings. The second kappa shape index (κ2) is 8.47. The Hall–Kier alpha value is -2.16. The van der Waals surface area contributed by atoms with Crippen LogP contribution in [-0.2, 0) is 17.6 Å². The lowest BCUT2D eigenvalue weighted by Crippen LogP contribution is -2.29. The molecule has 1 amide bonds. The third-order valence-electron chi connectivity index (χ3n) is 3.92. The van der Waals surface area contributed by atoms with Crippen LogP contribution < -0.4 is 5.32 Å². The van der Waals surface area contributed by atoms with Crippen molar-refractivity contribution in [3.05, 3.63) is 65.5 Å². The molecule has 0 saturated carbocycles. The lowest BCUT2D eigenvalue weighted by molar-refractivity contribution is -0.122. The zero-order valence-electron chi connectivity index (χ0n) is 14.3. The van der Waals surface area contributed by atoms with E-state index >= 15 is 0 Å². The van der Waals surface area contributed by atoms with E-state index in [1.165, 1.54) is 5.56 Å². The van der Waals surface area contributed by atoms with Crippen molar-refractivity contribution in [3.8, 4) is 0 Å². The van der Waals surface area contributed by atoms with Crippen molar-refractivity contribution in [1.82, 2.24) is 10.3 Å². The molecule has 0 aliphatic rings. The number of hydrogen-bond acceptors (Lipinski definition) is 2. The number of amides is 1. The summed E-state index contributed by atoms with van der Waals surface area (Å²) in [5, 5.41) is 3.00. The van der Waals surface area contributed by atoms with Gasteiger partial charge in [-0.1, -0.05) is 44.2 Å². The highest BCUT2D eigenvalue weighted by Gasteiger charge is 2.14. The molecule has 0 saturated heterocycles. The molecule has 2 aromatic rings. The Labute approximate surface area is 139 Å². The van der Waals surface area contributed by atoms with Crippen LogP contribution in [-0.4, -0.2) is 17.4 Å². The Morgan fingerprint density at radius 3 is 2.43 bits per heavy atom. The van der Waals surface area contributed by atoms with Gasteiger partial charge in [-0.25, -0.2) is 0 Å². The fraction of sp³-hybridized carbons (Fsp3) is 0.400. The minimum absolute atomic E-state index is 0.0672. The van der Waals surface area contributed by atoms with Crippen molar-refractivity contribution < 1.29 is 4.79 Å². The van der Waals surface area contributed by atoms with Gasteiger partial charge < -0.3 is 5.32 Å². The monoisotopic (exact) mass is 310 g/mol. The molecule has 0 spiro atoms. The molecule has 122 valence electrons. The van der Waals surface area contributed by atoms with Crippen molar-refractivity contribution in [2.24, 2.45) is 5.92 Å². The maximum absolute atomic E-state index is 12.3. The van der Waals surface area contributed by atoms with Crippen LogP contribution in [0.25, 0.3) is 0 Å². The molecular formula is C20H26N2O. The fourth-order valence-electron chi connectivity index (χ4n) is 2.58. The predicted octanol–water partition coefficient (Wildman–Crippen LogP) is 3.74. The molecule has 0 bridgehead atoms. The highest BCUT2D eigenvalue weighted by Crippen LogP contribution is 2.17. The lowest BCUT2D eigenvalue weighted by atomic mass is 9.96. The molecule has 0 aliphatic carbocycles. The van der Waals surface area contributed by atoms with E-state index in [0.717, 1.165) is 24.1 Å². The molecule has 3 nitrogen and oxygen atoms in total. The molecule has 1 N–H and O–H groups in total. The zero-order chi connectivity index (χ0) is 16.7. The van der Waals surface area contributed by atoms with E-state index in [0.29, 0.717) is 12.5 Å². The zero-order valence-corrected chi connectivity index (χ0v) is 14.3. The summed E-state index contributed by atoms with van der Waals surface area (Å²) in [6, 6.07) is 14.2. The van der Waals surface area contributed by atoms with Crippen LogP contribution in [0.3, 0.4) is 0 Å². The number of nitrogens with one attached hydrogen (secondary N) is 1. The number of benzene rings is 1. The van der Waals surface area contributed by atoms with Gasteiger partial charge in [0.1, 0.15) is 0 Å². The SMILES string of the molecule is CC(C)Cc1ccc(C(C)C(=O)NCCc2ccccn2)cc1. The molecule has 0 radical (unpaired) electrons. The number of carbonyl (C=O) groups is 1. The highest BCUT2D eigenvalue weighted by atomic mass is 16.1. The Morgan fingerprint density at radius 2 is 1.83 bits per heavy atom. The summed E-state index contributed by atoms with van der Waals surface area (Å²) in [6.07, 6.45) is 3.61. The second-order valence-corrected chi connectivity index (χ2v) is 6.42. The number of hydrogen-bond donors (Lipinski definition) is 1. The Morgan fingerprint density at radius 1 is 1.09 bits per heavy atom. The van der Waals surface area contributed by atoms with Crippen molar-refractivity contribution in [2.45, 2.75) is 39.5 Å². The molecule has 1 atom stereocenters. The second-order valence-electron chi connectivity index (χ2n) is 6.42. The summed E-state index contributed by atoms with van der Waals surface area (Å²) in [5.41, 5.74) is 3.39. The van der Waals surface area contributed by atoms with Gasteiger partial charge in [-0.3, -0.25) is 9.78 Å². The van der Waals surface area contributed by atoms with Crippen molar-refractivity contribution in [3.63, 3.8) is 0 Å². The van der Waals surface area contributed by atoms with Gasteiger partial charge in [0, 0.05) is 24.9 Å². The standard InChI is InChI=1S/C20H26N2O/c1-15(2)14-17-7-9-18(10-8-17)16(3)20(23)22-13-11-19-6-4-5-12-21-19/h4-10,12,15-16H,11,13-14H2,1-3H3,(H,22,23). The van der Waals surface area contributed by atoms with Crippen LogP contribution in [0.1, 0.15) is 43.5 Å². The number of nitrogens with zero attached hydrogens (tertiary/aromatic N) is 1. The van der Waals surface area contributed by atoms with Crippen LogP contribution >= 0.6 is 0 Å². The van der Waals surface area contributed by atoms with E-state index in [1.54, 1.807) is 6.20 Å². The summed E-state index contributed by atoms with van der Waals surface area (Å²) in [4.78, 5) is 16.5. The number of aromatic nitrogens is 1. The minimum Gasteiger partial charge on any atom is -0.355 e. The van der Waals surface area contributed by atoms with E-state index in [1.807, 2.05) is 25.1 Å². The molecule has 1 unspecified atom stereocenters. The molecule has 3 heteroatoms. The van der Waals surface area contributed by atoms with Gasteiger partial charge in [-0.2, -0.15) is 0 Å². The molecule has 0 aliphatic heterocycles. The summed E-state index contributed by atoms with van der Waals surface area (Å²) in [5.74, 6) is 0.581. The summed E-state index contributed by atoms with van der Waals surface area (Å²) >= 11 is 0. The van der Waals surface area contributed by atoms with E-state index in [9.17, 15) is 4.79 Å². The molecule has 1 aromatic carbocycles. The first kappa shape index (κ1) is 17.2. The summed E-state index contributed by atoms with van der Waals surface area (Å²) in [7, 11) is 0. The van der Waals surface area contributed by atoms with Crippen molar-refractivity contribution in [1.29, 1.82) is 0 Å². The molecule has 23 heavy (non-hydrogen) atoms. The van der Waals surface area contributed by atoms with Crippen LogP contribution in [0.5, 0.6) is 0 Å². The van der Waals surface area contributed by atoms with Crippen molar-refractivity contribution in [2.75, 3.05) is 6.54 Å². The Bertz CT molecular complexity index is 605. The average molecular weight is 310 g/mol. The van der Waals surface area contributed by atoms with E-state index in [-0.39, 0.29) is 11.8 Å². The third-order valence-corrected chi connectivity index (χ3v) is 3.92. The normalized spacial score (nSPS) is 12.2. The molecular weight excluding hydrogens is 284 g/mol. The quantitative estimate of drug-likeness (QED) is 0.846. The van der Waals surface area contributed by atoms with Gasteiger partial charge in [0.25, 0.3) is 0 Å². The van der Waals surface area contributed by atoms with E-state index < -0.39 is 0 Å². The van der Waals surface area contributed by atoms with Crippen LogP contribution in [0.2, 0.25) is 0 Å². The van der Waals surface area contributed by atoms with Crippen LogP contribution in [0, 0.1) is 5.92 Å². The smallest absolute Gasteiger partial charge is 0.227 e.